The minimum Gasteiger partial charge on any atom is -0.337 e. The number of urea groups is 1. The van der Waals surface area contributed by atoms with E-state index in [2.05, 4.69) is 20.2 Å². The number of aryl methyl sites for hydroxylation is 4. The van der Waals surface area contributed by atoms with Gasteiger partial charge in [0.15, 0.2) is 0 Å². The fourth-order valence-corrected chi connectivity index (χ4v) is 3.26. The van der Waals surface area contributed by atoms with E-state index in [4.69, 9.17) is 0 Å². The van der Waals surface area contributed by atoms with Gasteiger partial charge in [0, 0.05) is 51.3 Å². The number of pyridine rings is 1. The fraction of sp³-hybridized carbons (Fsp3) is 0.500. The minimum absolute atomic E-state index is 0.0477. The van der Waals surface area contributed by atoms with Crippen molar-refractivity contribution in [3.05, 3.63) is 41.2 Å². The Bertz CT molecular complexity index is 738. The minimum atomic E-state index is -0.0477. The van der Waals surface area contributed by atoms with Gasteiger partial charge < -0.3 is 14.8 Å². The molecule has 0 bridgehead atoms. The van der Waals surface area contributed by atoms with E-state index in [1.54, 1.807) is 0 Å². The van der Waals surface area contributed by atoms with E-state index in [0.717, 1.165) is 48.1 Å². The Morgan fingerprint density at radius 2 is 1.92 bits per heavy atom. The van der Waals surface area contributed by atoms with Crippen LogP contribution in [0.15, 0.2) is 18.5 Å². The lowest BCUT2D eigenvalue weighted by atomic mass is 10.1. The first-order valence-electron chi connectivity index (χ1n) is 8.63. The lowest BCUT2D eigenvalue weighted by molar-refractivity contribution is 0.140. The maximum absolute atomic E-state index is 12.6. The molecule has 1 N–H and O–H groups in total. The summed E-state index contributed by atoms with van der Waals surface area (Å²) in [5.41, 5.74) is 3.70. The van der Waals surface area contributed by atoms with E-state index in [0.29, 0.717) is 13.1 Å². The predicted molar refractivity (Wildman–Crippen MR) is 97.5 cm³/mol. The number of amides is 2. The molecule has 2 amide bonds. The standard InChI is InChI=1S/C18H26N6O/c1-13-11-14(2)20-15(3)17(13)21-18(25)24-9-7-23(8-10-24)12-16-19-5-6-22(16)4/h5-6,11H,7-10,12H2,1-4H3,(H,21,25). The highest BCUT2D eigenvalue weighted by Gasteiger charge is 2.22. The van der Waals surface area contributed by atoms with Gasteiger partial charge in [0.05, 0.1) is 17.9 Å². The van der Waals surface area contributed by atoms with Crippen LogP contribution in [0.2, 0.25) is 0 Å². The van der Waals surface area contributed by atoms with Gasteiger partial charge in [-0.3, -0.25) is 9.88 Å². The third-order valence-corrected chi connectivity index (χ3v) is 4.70. The molecule has 7 heteroatoms. The zero-order chi connectivity index (χ0) is 18.0. The molecule has 0 saturated carbocycles. The molecule has 2 aromatic rings. The predicted octanol–water partition coefficient (Wildman–Crippen LogP) is 2.09. The number of imidazole rings is 1. The Labute approximate surface area is 148 Å². The molecule has 0 spiro atoms. The van der Waals surface area contributed by atoms with E-state index < -0.39 is 0 Å². The molecule has 1 aliphatic heterocycles. The summed E-state index contributed by atoms with van der Waals surface area (Å²) in [5, 5.41) is 3.03. The maximum Gasteiger partial charge on any atom is 0.321 e. The first-order chi connectivity index (χ1) is 11.9. The quantitative estimate of drug-likeness (QED) is 0.927. The van der Waals surface area contributed by atoms with E-state index in [1.165, 1.54) is 0 Å². The van der Waals surface area contributed by atoms with E-state index in [-0.39, 0.29) is 6.03 Å². The van der Waals surface area contributed by atoms with Crippen LogP contribution in [0.3, 0.4) is 0 Å². The molecule has 7 nitrogen and oxygen atoms in total. The van der Waals surface area contributed by atoms with Crippen molar-refractivity contribution in [3.8, 4) is 0 Å². The van der Waals surface area contributed by atoms with Crippen molar-refractivity contribution < 1.29 is 4.79 Å². The molecule has 3 heterocycles. The number of hydrogen-bond donors (Lipinski definition) is 1. The molecule has 0 radical (unpaired) electrons. The number of nitrogens with one attached hydrogen (secondary N) is 1. The van der Waals surface area contributed by atoms with Crippen LogP contribution >= 0.6 is 0 Å². The second-order valence-corrected chi connectivity index (χ2v) is 6.69. The van der Waals surface area contributed by atoms with Gasteiger partial charge >= 0.3 is 6.03 Å². The zero-order valence-corrected chi connectivity index (χ0v) is 15.4. The lowest BCUT2D eigenvalue weighted by Gasteiger charge is -2.34. The monoisotopic (exact) mass is 342 g/mol. The van der Waals surface area contributed by atoms with Crippen LogP contribution in [-0.4, -0.2) is 56.5 Å². The van der Waals surface area contributed by atoms with Gasteiger partial charge in [0.2, 0.25) is 0 Å². The number of nitrogens with zero attached hydrogens (tertiary/aromatic N) is 5. The van der Waals surface area contributed by atoms with Crippen LogP contribution in [0.4, 0.5) is 10.5 Å². The molecule has 134 valence electrons. The normalized spacial score (nSPS) is 15.4. The van der Waals surface area contributed by atoms with Crippen LogP contribution in [0, 0.1) is 20.8 Å². The van der Waals surface area contributed by atoms with Gasteiger partial charge in [-0.2, -0.15) is 0 Å². The summed E-state index contributed by atoms with van der Waals surface area (Å²) in [4.78, 5) is 25.6. The zero-order valence-electron chi connectivity index (χ0n) is 15.4. The first-order valence-corrected chi connectivity index (χ1v) is 8.63. The Morgan fingerprint density at radius 1 is 1.20 bits per heavy atom. The van der Waals surface area contributed by atoms with E-state index >= 15 is 0 Å². The van der Waals surface area contributed by atoms with Crippen LogP contribution in [-0.2, 0) is 13.6 Å². The van der Waals surface area contributed by atoms with Gasteiger partial charge in [-0.05, 0) is 32.4 Å². The topological polar surface area (TPSA) is 66.3 Å². The Balaban J connectivity index is 1.56. The number of carbonyl (C=O) groups is 1. The molecule has 1 aliphatic rings. The molecule has 0 unspecified atom stereocenters. The van der Waals surface area contributed by atoms with Gasteiger partial charge in [-0.1, -0.05) is 0 Å². The van der Waals surface area contributed by atoms with E-state index in [9.17, 15) is 4.79 Å². The number of hydrogen-bond acceptors (Lipinski definition) is 4. The van der Waals surface area contributed by atoms with Crippen LogP contribution < -0.4 is 5.32 Å². The summed E-state index contributed by atoms with van der Waals surface area (Å²) in [6.07, 6.45) is 3.78. The average molecular weight is 342 g/mol. The van der Waals surface area contributed by atoms with Crippen molar-refractivity contribution in [2.24, 2.45) is 7.05 Å². The van der Waals surface area contributed by atoms with Crippen molar-refractivity contribution in [1.29, 1.82) is 0 Å². The molecule has 0 aliphatic carbocycles. The molecule has 1 saturated heterocycles. The summed E-state index contributed by atoms with van der Waals surface area (Å²) in [6, 6.07) is 1.95. The number of anilines is 1. The molecular weight excluding hydrogens is 316 g/mol. The lowest BCUT2D eigenvalue weighted by Crippen LogP contribution is -2.49. The van der Waals surface area contributed by atoms with Crippen molar-refractivity contribution in [3.63, 3.8) is 0 Å². The highest BCUT2D eigenvalue weighted by atomic mass is 16.2. The Kier molecular flexibility index (Phi) is 5.03. The number of carbonyl (C=O) groups excluding carboxylic acids is 1. The van der Waals surface area contributed by atoms with Gasteiger partial charge in [0.1, 0.15) is 5.82 Å². The molecule has 0 aromatic carbocycles. The molecule has 0 atom stereocenters. The summed E-state index contributed by atoms with van der Waals surface area (Å²) < 4.78 is 2.04. The van der Waals surface area contributed by atoms with Crippen LogP contribution in [0.25, 0.3) is 0 Å². The Hall–Kier alpha value is -2.41. The molecular formula is C18H26N6O. The summed E-state index contributed by atoms with van der Waals surface area (Å²) in [5.74, 6) is 1.05. The smallest absolute Gasteiger partial charge is 0.321 e. The van der Waals surface area contributed by atoms with Crippen molar-refractivity contribution >= 4 is 11.7 Å². The maximum atomic E-state index is 12.6. The Morgan fingerprint density at radius 3 is 2.52 bits per heavy atom. The first kappa shape index (κ1) is 17.4. The van der Waals surface area contributed by atoms with E-state index in [1.807, 2.05) is 55.7 Å². The van der Waals surface area contributed by atoms with Crippen LogP contribution in [0.1, 0.15) is 22.8 Å². The third kappa shape index (κ3) is 3.99. The number of aromatic nitrogens is 3. The highest BCUT2D eigenvalue weighted by Crippen LogP contribution is 2.20. The van der Waals surface area contributed by atoms with Gasteiger partial charge in [-0.15, -0.1) is 0 Å². The molecule has 1 fully saturated rings. The number of rotatable bonds is 3. The molecule has 2 aromatic heterocycles. The van der Waals surface area contributed by atoms with Crippen molar-refractivity contribution in [1.82, 2.24) is 24.3 Å². The third-order valence-electron chi connectivity index (χ3n) is 4.70. The largest absolute Gasteiger partial charge is 0.337 e. The summed E-state index contributed by atoms with van der Waals surface area (Å²) >= 11 is 0. The molecule has 3 rings (SSSR count). The average Bonchev–Trinajstić information content (AvgIpc) is 2.96. The van der Waals surface area contributed by atoms with Crippen LogP contribution in [0.5, 0.6) is 0 Å². The molecule has 25 heavy (non-hydrogen) atoms. The summed E-state index contributed by atoms with van der Waals surface area (Å²) in [6.45, 7) is 9.85. The van der Waals surface area contributed by atoms with Crippen molar-refractivity contribution in [2.75, 3.05) is 31.5 Å². The van der Waals surface area contributed by atoms with Crippen molar-refractivity contribution in [2.45, 2.75) is 27.3 Å². The second kappa shape index (κ2) is 7.23. The number of piperazine rings is 1. The fourth-order valence-electron chi connectivity index (χ4n) is 3.26. The van der Waals surface area contributed by atoms with Gasteiger partial charge in [-0.25, -0.2) is 9.78 Å². The highest BCUT2D eigenvalue weighted by molar-refractivity contribution is 5.90. The summed E-state index contributed by atoms with van der Waals surface area (Å²) in [7, 11) is 2.01. The van der Waals surface area contributed by atoms with Gasteiger partial charge in [0.25, 0.3) is 0 Å². The SMILES string of the molecule is Cc1cc(C)c(NC(=O)N2CCN(Cc3nccn3C)CC2)c(C)n1. The second-order valence-electron chi connectivity index (χ2n) is 6.69.